The lowest BCUT2D eigenvalue weighted by Crippen LogP contribution is -2.41. The lowest BCUT2D eigenvalue weighted by atomic mass is 10.2. The van der Waals surface area contributed by atoms with E-state index >= 15 is 0 Å². The summed E-state index contributed by atoms with van der Waals surface area (Å²) in [6.07, 6.45) is -0.0475. The highest BCUT2D eigenvalue weighted by Crippen LogP contribution is 2.22. The normalized spacial score (nSPS) is 17.8. The van der Waals surface area contributed by atoms with Crippen LogP contribution in [0.25, 0.3) is 0 Å². The van der Waals surface area contributed by atoms with Crippen LogP contribution in [0.1, 0.15) is 37.6 Å². The van der Waals surface area contributed by atoms with Gasteiger partial charge in [0.05, 0.1) is 16.1 Å². The molecular formula is C16H19BrF2N2O3. The molecule has 0 unspecified atom stereocenters. The fraction of sp³-hybridized carbons (Fsp3) is 0.500. The van der Waals surface area contributed by atoms with Crippen LogP contribution in [0.4, 0.5) is 13.6 Å². The number of ether oxygens (including phenoxy) is 1. The topological polar surface area (TPSA) is 58.6 Å². The fourth-order valence-electron chi connectivity index (χ4n) is 2.39. The Morgan fingerprint density at radius 2 is 1.96 bits per heavy atom. The number of nitrogens with one attached hydrogen (secondary N) is 1. The van der Waals surface area contributed by atoms with E-state index in [0.717, 1.165) is 12.1 Å². The lowest BCUT2D eigenvalue weighted by molar-refractivity contribution is 0.0502. The fourth-order valence-corrected chi connectivity index (χ4v) is 2.71. The Hall–Kier alpha value is -1.70. The van der Waals surface area contributed by atoms with E-state index in [1.54, 1.807) is 20.8 Å². The second kappa shape index (κ2) is 7.04. The van der Waals surface area contributed by atoms with Gasteiger partial charge in [-0.15, -0.1) is 0 Å². The van der Waals surface area contributed by atoms with Crippen molar-refractivity contribution in [3.8, 4) is 0 Å². The van der Waals surface area contributed by atoms with Crippen molar-refractivity contribution < 1.29 is 23.1 Å². The first kappa shape index (κ1) is 18.6. The maximum atomic E-state index is 13.9. The van der Waals surface area contributed by atoms with E-state index in [1.807, 2.05) is 0 Å². The van der Waals surface area contributed by atoms with E-state index in [-0.39, 0.29) is 22.6 Å². The molecule has 0 bridgehead atoms. The van der Waals surface area contributed by atoms with Crippen LogP contribution >= 0.6 is 15.9 Å². The molecule has 1 heterocycles. The van der Waals surface area contributed by atoms with Gasteiger partial charge >= 0.3 is 6.09 Å². The molecule has 1 aliphatic rings. The summed E-state index contributed by atoms with van der Waals surface area (Å²) in [6.45, 7) is 5.82. The molecule has 1 aromatic carbocycles. The number of hydrogen-bond donors (Lipinski definition) is 1. The van der Waals surface area contributed by atoms with E-state index < -0.39 is 29.2 Å². The highest BCUT2D eigenvalue weighted by Gasteiger charge is 2.30. The Balaban J connectivity index is 1.99. The molecule has 2 amide bonds. The minimum absolute atomic E-state index is 0.0394. The summed E-state index contributed by atoms with van der Waals surface area (Å²) in [6, 6.07) is 1.51. The zero-order valence-electron chi connectivity index (χ0n) is 13.7. The van der Waals surface area contributed by atoms with E-state index in [1.165, 1.54) is 4.90 Å². The number of amides is 2. The van der Waals surface area contributed by atoms with Crippen molar-refractivity contribution in [2.24, 2.45) is 0 Å². The number of likely N-dealkylation sites (tertiary alicyclic amines) is 1. The smallest absolute Gasteiger partial charge is 0.407 e. The van der Waals surface area contributed by atoms with Crippen LogP contribution in [0.3, 0.4) is 0 Å². The average molecular weight is 405 g/mol. The summed E-state index contributed by atoms with van der Waals surface area (Å²) >= 11 is 2.87. The van der Waals surface area contributed by atoms with Gasteiger partial charge in [-0.05, 0) is 55.3 Å². The molecule has 1 fully saturated rings. The number of carbonyl (C=O) groups is 2. The third-order valence-corrected chi connectivity index (χ3v) is 4.04. The standard InChI is InChI=1S/C16H19BrF2N2O3/c1-16(2,3)24-15(23)20-9-4-5-21(8-9)14(22)10-6-13(19)11(17)7-12(10)18/h6-7,9H,4-5,8H2,1-3H3,(H,20,23)/t9-/m1/s1. The van der Waals surface area contributed by atoms with Crippen LogP contribution in [0.15, 0.2) is 16.6 Å². The highest BCUT2D eigenvalue weighted by molar-refractivity contribution is 9.10. The van der Waals surface area contributed by atoms with Crippen LogP contribution in [0.2, 0.25) is 0 Å². The zero-order chi connectivity index (χ0) is 18.1. The minimum atomic E-state index is -0.795. The van der Waals surface area contributed by atoms with Crippen molar-refractivity contribution in [1.82, 2.24) is 10.2 Å². The molecule has 1 saturated heterocycles. The molecule has 1 N–H and O–H groups in total. The van der Waals surface area contributed by atoms with Crippen LogP contribution in [-0.4, -0.2) is 41.6 Å². The average Bonchev–Trinajstić information content (AvgIpc) is 2.88. The van der Waals surface area contributed by atoms with Crippen molar-refractivity contribution in [3.63, 3.8) is 0 Å². The quantitative estimate of drug-likeness (QED) is 0.767. The first-order valence-corrected chi connectivity index (χ1v) is 8.29. The molecule has 8 heteroatoms. The van der Waals surface area contributed by atoms with Gasteiger partial charge in [-0.3, -0.25) is 4.79 Å². The van der Waals surface area contributed by atoms with Crippen LogP contribution < -0.4 is 5.32 Å². The molecule has 1 atom stereocenters. The molecular weight excluding hydrogens is 386 g/mol. The van der Waals surface area contributed by atoms with Gasteiger partial charge in [-0.25, -0.2) is 13.6 Å². The maximum absolute atomic E-state index is 13.9. The Labute approximate surface area is 147 Å². The number of carbonyl (C=O) groups excluding carboxylic acids is 2. The van der Waals surface area contributed by atoms with Gasteiger partial charge in [-0.1, -0.05) is 0 Å². The molecule has 0 aromatic heterocycles. The molecule has 0 saturated carbocycles. The molecule has 24 heavy (non-hydrogen) atoms. The number of halogens is 3. The Bertz CT molecular complexity index is 661. The number of benzene rings is 1. The maximum Gasteiger partial charge on any atom is 0.407 e. The summed E-state index contributed by atoms with van der Waals surface area (Å²) < 4.78 is 32.6. The number of hydrogen-bond acceptors (Lipinski definition) is 3. The van der Waals surface area contributed by atoms with Gasteiger partial charge in [0.15, 0.2) is 0 Å². The SMILES string of the molecule is CC(C)(C)OC(=O)N[C@@H]1CCN(C(=O)c2cc(F)c(Br)cc2F)C1. The predicted molar refractivity (Wildman–Crippen MR) is 87.7 cm³/mol. The Kier molecular flexibility index (Phi) is 5.47. The van der Waals surface area contributed by atoms with Crippen LogP contribution in [0, 0.1) is 11.6 Å². The number of nitrogens with zero attached hydrogens (tertiary/aromatic N) is 1. The van der Waals surface area contributed by atoms with E-state index in [9.17, 15) is 18.4 Å². The molecule has 132 valence electrons. The van der Waals surface area contributed by atoms with Crippen molar-refractivity contribution in [1.29, 1.82) is 0 Å². The van der Waals surface area contributed by atoms with Crippen LogP contribution in [0.5, 0.6) is 0 Å². The molecule has 0 radical (unpaired) electrons. The predicted octanol–water partition coefficient (Wildman–Crippen LogP) is 3.47. The van der Waals surface area contributed by atoms with Gasteiger partial charge in [-0.2, -0.15) is 0 Å². The van der Waals surface area contributed by atoms with Gasteiger partial charge in [0.25, 0.3) is 5.91 Å². The van der Waals surface area contributed by atoms with Crippen molar-refractivity contribution in [2.45, 2.75) is 38.8 Å². The third kappa shape index (κ3) is 4.66. The largest absolute Gasteiger partial charge is 0.444 e. The molecule has 2 rings (SSSR count). The number of rotatable bonds is 2. The van der Waals surface area contributed by atoms with Gasteiger partial charge in [0.2, 0.25) is 0 Å². The van der Waals surface area contributed by atoms with Gasteiger partial charge in [0, 0.05) is 13.1 Å². The minimum Gasteiger partial charge on any atom is -0.444 e. The molecule has 0 spiro atoms. The van der Waals surface area contributed by atoms with Crippen molar-refractivity contribution in [3.05, 3.63) is 33.8 Å². The monoisotopic (exact) mass is 404 g/mol. The van der Waals surface area contributed by atoms with Crippen LogP contribution in [-0.2, 0) is 4.74 Å². The van der Waals surface area contributed by atoms with E-state index in [4.69, 9.17) is 4.74 Å². The van der Waals surface area contributed by atoms with Gasteiger partial charge < -0.3 is 15.0 Å². The zero-order valence-corrected chi connectivity index (χ0v) is 15.2. The molecule has 5 nitrogen and oxygen atoms in total. The summed E-state index contributed by atoms with van der Waals surface area (Å²) in [5.41, 5.74) is -0.940. The summed E-state index contributed by atoms with van der Waals surface area (Å²) in [5.74, 6) is -2.11. The summed E-state index contributed by atoms with van der Waals surface area (Å²) in [4.78, 5) is 25.5. The number of alkyl carbamates (subject to hydrolysis) is 1. The Morgan fingerprint density at radius 3 is 2.58 bits per heavy atom. The van der Waals surface area contributed by atoms with Crippen molar-refractivity contribution >= 4 is 27.9 Å². The highest BCUT2D eigenvalue weighted by atomic mass is 79.9. The molecule has 1 aromatic rings. The summed E-state index contributed by atoms with van der Waals surface area (Å²) in [5, 5.41) is 2.68. The van der Waals surface area contributed by atoms with E-state index in [0.29, 0.717) is 13.0 Å². The van der Waals surface area contributed by atoms with Crippen molar-refractivity contribution in [2.75, 3.05) is 13.1 Å². The second-order valence-electron chi connectivity index (χ2n) is 6.63. The first-order chi connectivity index (χ1) is 11.1. The third-order valence-electron chi connectivity index (χ3n) is 3.44. The van der Waals surface area contributed by atoms with Gasteiger partial charge in [0.1, 0.15) is 17.2 Å². The molecule has 0 aliphatic carbocycles. The lowest BCUT2D eigenvalue weighted by Gasteiger charge is -2.22. The first-order valence-electron chi connectivity index (χ1n) is 7.50. The Morgan fingerprint density at radius 1 is 1.29 bits per heavy atom. The van der Waals surface area contributed by atoms with E-state index in [2.05, 4.69) is 21.2 Å². The molecule has 1 aliphatic heterocycles. The summed E-state index contributed by atoms with van der Waals surface area (Å²) in [7, 11) is 0. The second-order valence-corrected chi connectivity index (χ2v) is 7.48.